The molecule has 26 heavy (non-hydrogen) atoms. The number of hydrogen-bond acceptors (Lipinski definition) is 3. The van der Waals surface area contributed by atoms with E-state index < -0.39 is 0 Å². The Bertz CT molecular complexity index is 770. The molecule has 0 unspecified atom stereocenters. The molecule has 0 aliphatic carbocycles. The predicted molar refractivity (Wildman–Crippen MR) is 108 cm³/mol. The number of amides is 1. The summed E-state index contributed by atoms with van der Waals surface area (Å²) in [7, 11) is 0. The van der Waals surface area contributed by atoms with Crippen molar-refractivity contribution in [3.05, 3.63) is 53.1 Å². The second-order valence-corrected chi connectivity index (χ2v) is 7.24. The first kappa shape index (κ1) is 18.6. The molecule has 0 spiro atoms. The van der Waals surface area contributed by atoms with E-state index in [1.165, 1.54) is 6.42 Å². The van der Waals surface area contributed by atoms with Crippen LogP contribution in [0.15, 0.2) is 42.5 Å². The van der Waals surface area contributed by atoms with E-state index >= 15 is 0 Å². The third-order valence-electron chi connectivity index (χ3n) is 4.38. The number of hydrogen-bond donors (Lipinski definition) is 1. The third kappa shape index (κ3) is 4.50. The minimum atomic E-state index is -0.167. The topological polar surface area (TPSA) is 41.6 Å². The van der Waals surface area contributed by atoms with E-state index in [-0.39, 0.29) is 12.0 Å². The van der Waals surface area contributed by atoms with Crippen LogP contribution in [-0.2, 0) is 0 Å². The highest BCUT2D eigenvalue weighted by Gasteiger charge is 2.19. The van der Waals surface area contributed by atoms with Crippen LogP contribution in [0.25, 0.3) is 0 Å². The van der Waals surface area contributed by atoms with Gasteiger partial charge >= 0.3 is 0 Å². The van der Waals surface area contributed by atoms with Gasteiger partial charge in [0.05, 0.1) is 22.5 Å². The van der Waals surface area contributed by atoms with E-state index in [4.69, 9.17) is 16.3 Å². The van der Waals surface area contributed by atoms with Gasteiger partial charge in [0.2, 0.25) is 0 Å². The van der Waals surface area contributed by atoms with Gasteiger partial charge in [0.15, 0.2) is 0 Å². The Morgan fingerprint density at radius 1 is 1.12 bits per heavy atom. The second kappa shape index (κ2) is 8.45. The van der Waals surface area contributed by atoms with E-state index in [0.29, 0.717) is 16.3 Å². The summed E-state index contributed by atoms with van der Waals surface area (Å²) in [4.78, 5) is 15.0. The van der Waals surface area contributed by atoms with Crippen LogP contribution in [0, 0.1) is 0 Å². The van der Waals surface area contributed by atoms with E-state index in [2.05, 4.69) is 10.2 Å². The zero-order valence-electron chi connectivity index (χ0n) is 15.3. The van der Waals surface area contributed by atoms with E-state index in [0.717, 1.165) is 37.3 Å². The average molecular weight is 373 g/mol. The summed E-state index contributed by atoms with van der Waals surface area (Å²) in [6.07, 6.45) is 3.60. The second-order valence-electron chi connectivity index (χ2n) is 6.83. The summed E-state index contributed by atoms with van der Waals surface area (Å²) >= 11 is 6.46. The van der Waals surface area contributed by atoms with Crippen molar-refractivity contribution in [2.75, 3.05) is 23.3 Å². The van der Waals surface area contributed by atoms with Gasteiger partial charge in [-0.2, -0.15) is 0 Å². The largest absolute Gasteiger partial charge is 0.491 e. The number of halogens is 1. The molecule has 1 aliphatic rings. The van der Waals surface area contributed by atoms with Gasteiger partial charge in [0.1, 0.15) is 5.75 Å². The fraction of sp³-hybridized carbons (Fsp3) is 0.381. The molecular weight excluding hydrogens is 348 g/mol. The number of nitrogens with zero attached hydrogens (tertiary/aromatic N) is 1. The molecule has 2 aromatic rings. The summed E-state index contributed by atoms with van der Waals surface area (Å²) in [5, 5.41) is 3.69. The number of anilines is 2. The molecule has 0 aromatic heterocycles. The van der Waals surface area contributed by atoms with Gasteiger partial charge in [-0.05, 0) is 63.4 Å². The maximum atomic E-state index is 12.8. The molecule has 0 saturated carbocycles. The van der Waals surface area contributed by atoms with E-state index in [1.807, 2.05) is 44.2 Å². The standard InChI is InChI=1S/C21H25ClN2O2/c1-15(2)26-17-9-6-8-16(14-17)21(25)23-19-11-7-10-18(22)20(19)24-12-4-3-5-13-24/h6-11,14-15H,3-5,12-13H2,1-2H3,(H,23,25). The summed E-state index contributed by atoms with van der Waals surface area (Å²) in [6.45, 7) is 5.85. The normalized spacial score (nSPS) is 14.4. The first-order valence-electron chi connectivity index (χ1n) is 9.16. The Balaban J connectivity index is 1.82. The minimum absolute atomic E-state index is 0.0620. The number of para-hydroxylation sites is 1. The molecule has 0 bridgehead atoms. The van der Waals surface area contributed by atoms with Gasteiger partial charge in [-0.1, -0.05) is 23.7 Å². The van der Waals surface area contributed by atoms with Crippen LogP contribution in [0.5, 0.6) is 5.75 Å². The van der Waals surface area contributed by atoms with Crippen molar-refractivity contribution in [3.8, 4) is 5.75 Å². The van der Waals surface area contributed by atoms with Crippen molar-refractivity contribution >= 4 is 28.9 Å². The summed E-state index contributed by atoms with van der Waals surface area (Å²) in [5.41, 5.74) is 2.23. The highest BCUT2D eigenvalue weighted by Crippen LogP contribution is 2.35. The zero-order chi connectivity index (χ0) is 18.5. The average Bonchev–Trinajstić information content (AvgIpc) is 2.62. The van der Waals surface area contributed by atoms with Crippen LogP contribution in [0.3, 0.4) is 0 Å². The smallest absolute Gasteiger partial charge is 0.255 e. The van der Waals surface area contributed by atoms with Crippen molar-refractivity contribution in [2.45, 2.75) is 39.2 Å². The minimum Gasteiger partial charge on any atom is -0.491 e. The first-order chi connectivity index (χ1) is 12.5. The fourth-order valence-corrected chi connectivity index (χ4v) is 3.53. The summed E-state index contributed by atoms with van der Waals surface area (Å²) in [5.74, 6) is 0.523. The molecule has 1 heterocycles. The SMILES string of the molecule is CC(C)Oc1cccc(C(=O)Nc2cccc(Cl)c2N2CCCCC2)c1. The number of ether oxygens (including phenoxy) is 1. The monoisotopic (exact) mass is 372 g/mol. The number of carbonyl (C=O) groups is 1. The van der Waals surface area contributed by atoms with Crippen LogP contribution in [-0.4, -0.2) is 25.1 Å². The van der Waals surface area contributed by atoms with Crippen molar-refractivity contribution in [2.24, 2.45) is 0 Å². The van der Waals surface area contributed by atoms with Gasteiger partial charge in [-0.25, -0.2) is 0 Å². The lowest BCUT2D eigenvalue weighted by Gasteiger charge is -2.31. The number of rotatable bonds is 5. The lowest BCUT2D eigenvalue weighted by atomic mass is 10.1. The van der Waals surface area contributed by atoms with Gasteiger partial charge in [0.25, 0.3) is 5.91 Å². The maximum absolute atomic E-state index is 12.8. The van der Waals surface area contributed by atoms with Crippen LogP contribution in [0.2, 0.25) is 5.02 Å². The summed E-state index contributed by atoms with van der Waals surface area (Å²) in [6, 6.07) is 12.9. The number of benzene rings is 2. The zero-order valence-corrected chi connectivity index (χ0v) is 16.1. The highest BCUT2D eigenvalue weighted by atomic mass is 35.5. The molecule has 0 radical (unpaired) electrons. The Kier molecular flexibility index (Phi) is 6.04. The lowest BCUT2D eigenvalue weighted by molar-refractivity contribution is 0.102. The van der Waals surface area contributed by atoms with Crippen LogP contribution >= 0.6 is 11.6 Å². The molecule has 1 aliphatic heterocycles. The molecule has 5 heteroatoms. The van der Waals surface area contributed by atoms with Crippen molar-refractivity contribution in [1.82, 2.24) is 0 Å². The van der Waals surface area contributed by atoms with Crippen molar-refractivity contribution in [3.63, 3.8) is 0 Å². The van der Waals surface area contributed by atoms with Gasteiger partial charge in [-0.3, -0.25) is 4.79 Å². The Morgan fingerprint density at radius 3 is 2.58 bits per heavy atom. The highest BCUT2D eigenvalue weighted by molar-refractivity contribution is 6.34. The number of nitrogens with one attached hydrogen (secondary N) is 1. The van der Waals surface area contributed by atoms with Crippen molar-refractivity contribution in [1.29, 1.82) is 0 Å². The Hall–Kier alpha value is -2.20. The lowest BCUT2D eigenvalue weighted by Crippen LogP contribution is -2.30. The molecule has 1 amide bonds. The van der Waals surface area contributed by atoms with Gasteiger partial charge in [-0.15, -0.1) is 0 Å². The van der Waals surface area contributed by atoms with Gasteiger partial charge < -0.3 is 15.0 Å². The Labute approximate surface area is 160 Å². The molecule has 4 nitrogen and oxygen atoms in total. The predicted octanol–water partition coefficient (Wildman–Crippen LogP) is 5.37. The maximum Gasteiger partial charge on any atom is 0.255 e. The molecule has 3 rings (SSSR count). The van der Waals surface area contributed by atoms with E-state index in [1.54, 1.807) is 12.1 Å². The molecule has 1 N–H and O–H groups in total. The molecule has 1 saturated heterocycles. The molecular formula is C21H25ClN2O2. The first-order valence-corrected chi connectivity index (χ1v) is 9.54. The van der Waals surface area contributed by atoms with Crippen LogP contribution in [0.4, 0.5) is 11.4 Å². The third-order valence-corrected chi connectivity index (χ3v) is 4.68. The van der Waals surface area contributed by atoms with Crippen molar-refractivity contribution < 1.29 is 9.53 Å². The van der Waals surface area contributed by atoms with Crippen LogP contribution in [0.1, 0.15) is 43.5 Å². The molecule has 138 valence electrons. The Morgan fingerprint density at radius 2 is 1.85 bits per heavy atom. The molecule has 0 atom stereocenters. The summed E-state index contributed by atoms with van der Waals surface area (Å²) < 4.78 is 5.68. The number of carbonyl (C=O) groups excluding carboxylic acids is 1. The molecule has 1 fully saturated rings. The quantitative estimate of drug-likeness (QED) is 0.767. The molecule has 2 aromatic carbocycles. The van der Waals surface area contributed by atoms with Gasteiger partial charge in [0, 0.05) is 18.7 Å². The van der Waals surface area contributed by atoms with E-state index in [9.17, 15) is 4.79 Å². The number of piperidine rings is 1. The van der Waals surface area contributed by atoms with Crippen LogP contribution < -0.4 is 15.0 Å². The fourth-order valence-electron chi connectivity index (χ4n) is 3.23.